The minimum atomic E-state index is 0.783. The lowest BCUT2D eigenvalue weighted by Gasteiger charge is -2.07. The molecule has 21 heavy (non-hydrogen) atoms. The SMILES string of the molecule is COc1ccccc1/C(C)=N\Nc1nc2ccccc2s1. The Hall–Kier alpha value is -2.40. The molecule has 0 atom stereocenters. The predicted molar refractivity (Wildman–Crippen MR) is 88.4 cm³/mol. The average molecular weight is 297 g/mol. The van der Waals surface area contributed by atoms with E-state index in [0.29, 0.717) is 0 Å². The van der Waals surface area contributed by atoms with E-state index < -0.39 is 0 Å². The topological polar surface area (TPSA) is 46.5 Å². The van der Waals surface area contributed by atoms with E-state index in [0.717, 1.165) is 32.4 Å². The molecule has 2 aromatic carbocycles. The zero-order valence-corrected chi connectivity index (χ0v) is 12.6. The van der Waals surface area contributed by atoms with Crippen molar-refractivity contribution in [2.45, 2.75) is 6.92 Å². The Labute approximate surface area is 127 Å². The highest BCUT2D eigenvalue weighted by molar-refractivity contribution is 7.22. The first-order chi connectivity index (χ1) is 10.3. The molecular weight excluding hydrogens is 282 g/mol. The lowest BCUT2D eigenvalue weighted by atomic mass is 10.1. The van der Waals surface area contributed by atoms with E-state index in [4.69, 9.17) is 4.74 Å². The molecule has 3 rings (SSSR count). The van der Waals surface area contributed by atoms with Gasteiger partial charge in [0.2, 0.25) is 5.13 Å². The van der Waals surface area contributed by atoms with E-state index >= 15 is 0 Å². The molecule has 5 heteroatoms. The standard InChI is InChI=1S/C16H15N3OS/c1-11(12-7-3-5-9-14(12)20-2)18-19-16-17-13-8-4-6-10-15(13)21-16/h3-10H,1-2H3,(H,17,19)/b18-11-. The fraction of sp³-hybridized carbons (Fsp3) is 0.125. The van der Waals surface area contributed by atoms with Crippen molar-refractivity contribution in [1.82, 2.24) is 4.98 Å². The maximum Gasteiger partial charge on any atom is 0.204 e. The van der Waals surface area contributed by atoms with Crippen LogP contribution in [0.5, 0.6) is 5.75 Å². The summed E-state index contributed by atoms with van der Waals surface area (Å²) in [6.45, 7) is 1.94. The maximum absolute atomic E-state index is 5.34. The van der Waals surface area contributed by atoms with E-state index in [2.05, 4.69) is 21.6 Å². The van der Waals surface area contributed by atoms with Gasteiger partial charge in [0.05, 0.1) is 23.0 Å². The molecule has 0 radical (unpaired) electrons. The highest BCUT2D eigenvalue weighted by Crippen LogP contribution is 2.25. The normalized spacial score (nSPS) is 11.6. The van der Waals surface area contributed by atoms with Crippen LogP contribution in [0.4, 0.5) is 5.13 Å². The molecule has 106 valence electrons. The van der Waals surface area contributed by atoms with Crippen LogP contribution in [-0.4, -0.2) is 17.8 Å². The van der Waals surface area contributed by atoms with Gasteiger partial charge in [-0.15, -0.1) is 0 Å². The Morgan fingerprint density at radius 2 is 1.90 bits per heavy atom. The Balaban J connectivity index is 1.84. The van der Waals surface area contributed by atoms with Gasteiger partial charge in [0.15, 0.2) is 0 Å². The molecule has 0 saturated carbocycles. The number of para-hydroxylation sites is 2. The number of nitrogens with zero attached hydrogens (tertiary/aromatic N) is 2. The van der Waals surface area contributed by atoms with Gasteiger partial charge in [0.25, 0.3) is 0 Å². The van der Waals surface area contributed by atoms with Crippen LogP contribution >= 0.6 is 11.3 Å². The number of rotatable bonds is 4. The number of anilines is 1. The summed E-state index contributed by atoms with van der Waals surface area (Å²) < 4.78 is 6.49. The molecule has 1 N–H and O–H groups in total. The summed E-state index contributed by atoms with van der Waals surface area (Å²) in [5.41, 5.74) is 5.82. The molecule has 0 aliphatic carbocycles. The second-order valence-corrected chi connectivity index (χ2v) is 5.53. The summed E-state index contributed by atoms with van der Waals surface area (Å²) in [5.74, 6) is 0.810. The Morgan fingerprint density at radius 1 is 1.14 bits per heavy atom. The van der Waals surface area contributed by atoms with Gasteiger partial charge >= 0.3 is 0 Å². The van der Waals surface area contributed by atoms with Crippen molar-refractivity contribution >= 4 is 32.4 Å². The van der Waals surface area contributed by atoms with E-state index in [1.54, 1.807) is 18.4 Å². The van der Waals surface area contributed by atoms with Gasteiger partial charge in [-0.2, -0.15) is 5.10 Å². The van der Waals surface area contributed by atoms with Crippen LogP contribution in [0.3, 0.4) is 0 Å². The molecule has 0 amide bonds. The van der Waals surface area contributed by atoms with Crippen molar-refractivity contribution in [3.8, 4) is 5.75 Å². The van der Waals surface area contributed by atoms with Crippen molar-refractivity contribution in [2.75, 3.05) is 12.5 Å². The average Bonchev–Trinajstić information content (AvgIpc) is 2.95. The second-order valence-electron chi connectivity index (χ2n) is 4.50. The number of thiazole rings is 1. The third-order valence-corrected chi connectivity index (χ3v) is 4.05. The Kier molecular flexibility index (Phi) is 3.83. The minimum absolute atomic E-state index is 0.783. The van der Waals surface area contributed by atoms with E-state index in [9.17, 15) is 0 Å². The molecule has 0 fully saturated rings. The monoisotopic (exact) mass is 297 g/mol. The van der Waals surface area contributed by atoms with E-state index in [-0.39, 0.29) is 0 Å². The predicted octanol–water partition coefficient (Wildman–Crippen LogP) is 4.14. The number of hydrogen-bond donors (Lipinski definition) is 1. The number of benzene rings is 2. The Bertz CT molecular complexity index is 762. The third-order valence-electron chi connectivity index (χ3n) is 3.11. The summed E-state index contributed by atoms with van der Waals surface area (Å²) in [7, 11) is 1.66. The number of aromatic nitrogens is 1. The number of hydrogen-bond acceptors (Lipinski definition) is 5. The quantitative estimate of drug-likeness (QED) is 0.581. The highest BCUT2D eigenvalue weighted by atomic mass is 32.1. The Morgan fingerprint density at radius 3 is 2.71 bits per heavy atom. The maximum atomic E-state index is 5.34. The van der Waals surface area contributed by atoms with Crippen LogP contribution in [-0.2, 0) is 0 Å². The molecule has 4 nitrogen and oxygen atoms in total. The summed E-state index contributed by atoms with van der Waals surface area (Å²) in [5, 5.41) is 5.19. The zero-order valence-electron chi connectivity index (χ0n) is 11.8. The molecule has 1 heterocycles. The van der Waals surface area contributed by atoms with Gasteiger partial charge < -0.3 is 4.74 Å². The van der Waals surface area contributed by atoms with Gasteiger partial charge in [-0.25, -0.2) is 4.98 Å². The smallest absolute Gasteiger partial charge is 0.204 e. The van der Waals surface area contributed by atoms with E-state index in [1.807, 2.05) is 49.4 Å². The van der Waals surface area contributed by atoms with Crippen LogP contribution in [0.1, 0.15) is 12.5 Å². The lowest BCUT2D eigenvalue weighted by molar-refractivity contribution is 0.414. The number of ether oxygens (including phenoxy) is 1. The van der Waals surface area contributed by atoms with Crippen LogP contribution in [0.2, 0.25) is 0 Å². The molecule has 0 bridgehead atoms. The molecule has 0 aliphatic heterocycles. The van der Waals surface area contributed by atoms with Crippen molar-refractivity contribution in [3.05, 3.63) is 54.1 Å². The first-order valence-corrected chi connectivity index (χ1v) is 7.39. The zero-order chi connectivity index (χ0) is 14.7. The van der Waals surface area contributed by atoms with Gasteiger partial charge in [-0.05, 0) is 31.2 Å². The molecule has 0 spiro atoms. The van der Waals surface area contributed by atoms with Crippen molar-refractivity contribution in [1.29, 1.82) is 0 Å². The number of nitrogens with one attached hydrogen (secondary N) is 1. The number of fused-ring (bicyclic) bond motifs is 1. The van der Waals surface area contributed by atoms with Crippen molar-refractivity contribution in [3.63, 3.8) is 0 Å². The fourth-order valence-electron chi connectivity index (χ4n) is 2.06. The van der Waals surface area contributed by atoms with Gasteiger partial charge in [-0.3, -0.25) is 5.43 Å². The minimum Gasteiger partial charge on any atom is -0.496 e. The van der Waals surface area contributed by atoms with Crippen LogP contribution in [0.25, 0.3) is 10.2 Å². The molecule has 1 aromatic heterocycles. The van der Waals surface area contributed by atoms with Crippen LogP contribution in [0.15, 0.2) is 53.6 Å². The van der Waals surface area contributed by atoms with E-state index in [1.165, 1.54) is 0 Å². The highest BCUT2D eigenvalue weighted by Gasteiger charge is 2.06. The number of methoxy groups -OCH3 is 1. The molecule has 0 aliphatic rings. The van der Waals surface area contributed by atoms with Crippen molar-refractivity contribution in [2.24, 2.45) is 5.10 Å². The summed E-state index contributed by atoms with van der Waals surface area (Å²) in [6, 6.07) is 15.8. The summed E-state index contributed by atoms with van der Waals surface area (Å²) >= 11 is 1.58. The molecule has 0 unspecified atom stereocenters. The van der Waals surface area contributed by atoms with Gasteiger partial charge in [0.1, 0.15) is 5.75 Å². The summed E-state index contributed by atoms with van der Waals surface area (Å²) in [4.78, 5) is 4.49. The van der Waals surface area contributed by atoms with Crippen LogP contribution in [0, 0.1) is 0 Å². The molecule has 0 saturated heterocycles. The van der Waals surface area contributed by atoms with Crippen molar-refractivity contribution < 1.29 is 4.74 Å². The summed E-state index contributed by atoms with van der Waals surface area (Å²) in [6.07, 6.45) is 0. The fourth-order valence-corrected chi connectivity index (χ4v) is 2.86. The molecular formula is C16H15N3OS. The lowest BCUT2D eigenvalue weighted by Crippen LogP contribution is -2.02. The third kappa shape index (κ3) is 2.87. The second kappa shape index (κ2) is 5.93. The number of hydrazone groups is 1. The van der Waals surface area contributed by atoms with Gasteiger partial charge in [0, 0.05) is 5.56 Å². The first-order valence-electron chi connectivity index (χ1n) is 6.57. The van der Waals surface area contributed by atoms with Gasteiger partial charge in [-0.1, -0.05) is 35.6 Å². The molecule has 3 aromatic rings. The largest absolute Gasteiger partial charge is 0.496 e. The first kappa shape index (κ1) is 13.6. The van der Waals surface area contributed by atoms with Crippen LogP contribution < -0.4 is 10.2 Å².